The molecule has 0 fully saturated rings. The maximum absolute atomic E-state index is 14.1. The van der Waals surface area contributed by atoms with Crippen molar-refractivity contribution in [2.24, 2.45) is 0 Å². The van der Waals surface area contributed by atoms with Crippen LogP contribution in [0.5, 0.6) is 0 Å². The number of carbonyl (C=O) groups is 2. The molecule has 0 unspecified atom stereocenters. The smallest absolute Gasteiger partial charge is 0.244 e. The summed E-state index contributed by atoms with van der Waals surface area (Å²) in [7, 11) is -3.79. The van der Waals surface area contributed by atoms with Gasteiger partial charge in [-0.15, -0.1) is 0 Å². The van der Waals surface area contributed by atoms with Crippen molar-refractivity contribution in [3.8, 4) is 0 Å². The largest absolute Gasteiger partial charge is 0.352 e. The number of benzene rings is 3. The van der Waals surface area contributed by atoms with Gasteiger partial charge in [-0.2, -0.15) is 0 Å². The Hall–Kier alpha value is -3.65. The predicted molar refractivity (Wildman–Crippen MR) is 157 cm³/mol. The van der Waals surface area contributed by atoms with Crippen LogP contribution >= 0.6 is 0 Å². The molecule has 3 rings (SSSR count). The first-order chi connectivity index (χ1) is 18.5. The van der Waals surface area contributed by atoms with Crippen molar-refractivity contribution in [2.45, 2.75) is 59.2 Å². The molecule has 3 aromatic rings. The molecule has 0 saturated heterocycles. The minimum absolute atomic E-state index is 0.0776. The molecule has 0 spiro atoms. The lowest BCUT2D eigenvalue weighted by atomic mass is 10.0. The minimum Gasteiger partial charge on any atom is -0.352 e. The second-order valence-electron chi connectivity index (χ2n) is 10.1. The van der Waals surface area contributed by atoms with E-state index in [1.165, 1.54) is 4.90 Å². The zero-order chi connectivity index (χ0) is 28.6. The van der Waals surface area contributed by atoms with Gasteiger partial charge >= 0.3 is 0 Å². The fourth-order valence-corrected chi connectivity index (χ4v) is 5.35. The summed E-state index contributed by atoms with van der Waals surface area (Å²) < 4.78 is 26.9. The quantitative estimate of drug-likeness (QED) is 0.357. The molecule has 0 aliphatic rings. The highest BCUT2D eigenvalue weighted by Gasteiger charge is 2.33. The summed E-state index contributed by atoms with van der Waals surface area (Å²) in [5.74, 6) is -0.721. The van der Waals surface area contributed by atoms with Crippen LogP contribution in [0.15, 0.2) is 78.9 Å². The standard InChI is InChI=1S/C31H39N3O4S/c1-6-25(4)32-31(36)29(20-26-15-8-7-9-16-26)33(21-27-17-12-13-23(2)19-27)30(35)22-34(39(5,37)38)28-18-11-10-14-24(28)3/h7-19,25,29H,6,20-22H2,1-5H3,(H,32,36)/t25-,29-/m0/s1. The lowest BCUT2D eigenvalue weighted by Gasteiger charge is -2.34. The van der Waals surface area contributed by atoms with Crippen LogP contribution in [0, 0.1) is 13.8 Å². The number of nitrogens with one attached hydrogen (secondary N) is 1. The van der Waals surface area contributed by atoms with Gasteiger partial charge in [-0.3, -0.25) is 13.9 Å². The van der Waals surface area contributed by atoms with Crippen molar-refractivity contribution in [1.29, 1.82) is 0 Å². The Morgan fingerprint density at radius 1 is 0.897 bits per heavy atom. The highest BCUT2D eigenvalue weighted by molar-refractivity contribution is 7.92. The van der Waals surface area contributed by atoms with Gasteiger partial charge < -0.3 is 10.2 Å². The fourth-order valence-electron chi connectivity index (χ4n) is 4.44. The van der Waals surface area contributed by atoms with Gasteiger partial charge in [0.2, 0.25) is 21.8 Å². The zero-order valence-corrected chi connectivity index (χ0v) is 24.2. The average molecular weight is 550 g/mol. The topological polar surface area (TPSA) is 86.8 Å². The van der Waals surface area contributed by atoms with Gasteiger partial charge in [-0.1, -0.05) is 85.3 Å². The average Bonchev–Trinajstić information content (AvgIpc) is 2.89. The molecule has 0 saturated carbocycles. The molecule has 0 bridgehead atoms. The number of hydrogen-bond donors (Lipinski definition) is 1. The first-order valence-electron chi connectivity index (χ1n) is 13.2. The van der Waals surface area contributed by atoms with Crippen LogP contribution in [-0.4, -0.2) is 50.0 Å². The van der Waals surface area contributed by atoms with E-state index in [-0.39, 0.29) is 18.5 Å². The van der Waals surface area contributed by atoms with Gasteiger partial charge in [0.15, 0.2) is 0 Å². The van der Waals surface area contributed by atoms with E-state index in [0.717, 1.165) is 39.2 Å². The van der Waals surface area contributed by atoms with Crippen molar-refractivity contribution in [2.75, 3.05) is 17.1 Å². The normalized spacial score (nSPS) is 12.8. The van der Waals surface area contributed by atoms with E-state index in [2.05, 4.69) is 5.32 Å². The van der Waals surface area contributed by atoms with Crippen LogP contribution in [0.3, 0.4) is 0 Å². The molecule has 39 heavy (non-hydrogen) atoms. The number of sulfonamides is 1. The molecule has 2 atom stereocenters. The van der Waals surface area contributed by atoms with Crippen LogP contribution in [0.1, 0.15) is 42.5 Å². The predicted octanol–water partition coefficient (Wildman–Crippen LogP) is 4.62. The van der Waals surface area contributed by atoms with Crippen LogP contribution in [0.25, 0.3) is 0 Å². The summed E-state index contributed by atoms with van der Waals surface area (Å²) in [4.78, 5) is 29.3. The molecule has 0 radical (unpaired) electrons. The number of carbonyl (C=O) groups excluding carboxylic acids is 2. The molecular formula is C31H39N3O4S. The van der Waals surface area contributed by atoms with E-state index in [4.69, 9.17) is 0 Å². The second-order valence-corrected chi connectivity index (χ2v) is 12.0. The van der Waals surface area contributed by atoms with E-state index in [1.54, 1.807) is 25.1 Å². The zero-order valence-electron chi connectivity index (χ0n) is 23.4. The van der Waals surface area contributed by atoms with Crippen LogP contribution in [0.4, 0.5) is 5.69 Å². The first kappa shape index (κ1) is 29.9. The molecule has 1 N–H and O–H groups in total. The fraction of sp³-hybridized carbons (Fsp3) is 0.355. The lowest BCUT2D eigenvalue weighted by Crippen LogP contribution is -2.54. The summed E-state index contributed by atoms with van der Waals surface area (Å²) in [5, 5.41) is 3.04. The van der Waals surface area contributed by atoms with Crippen molar-refractivity contribution < 1.29 is 18.0 Å². The number of nitrogens with zero attached hydrogens (tertiary/aromatic N) is 2. The molecular weight excluding hydrogens is 510 g/mol. The Balaban J connectivity index is 2.07. The van der Waals surface area contributed by atoms with E-state index >= 15 is 0 Å². The minimum atomic E-state index is -3.79. The van der Waals surface area contributed by atoms with Gasteiger partial charge in [-0.25, -0.2) is 8.42 Å². The third-order valence-electron chi connectivity index (χ3n) is 6.77. The highest BCUT2D eigenvalue weighted by atomic mass is 32.2. The number of amides is 2. The molecule has 208 valence electrons. The van der Waals surface area contributed by atoms with Crippen LogP contribution in [0.2, 0.25) is 0 Å². The maximum atomic E-state index is 14.1. The molecule has 3 aromatic carbocycles. The first-order valence-corrected chi connectivity index (χ1v) is 15.1. The van der Waals surface area contributed by atoms with Gasteiger partial charge in [-0.05, 0) is 49.9 Å². The molecule has 0 aliphatic heterocycles. The van der Waals surface area contributed by atoms with Crippen molar-refractivity contribution in [3.05, 3.63) is 101 Å². The third-order valence-corrected chi connectivity index (χ3v) is 7.90. The Morgan fingerprint density at radius 3 is 2.15 bits per heavy atom. The Kier molecular flexibility index (Phi) is 10.3. The molecule has 0 aromatic heterocycles. The summed E-state index contributed by atoms with van der Waals surface area (Å²) in [6, 6.07) is 23.5. The number of rotatable bonds is 12. The summed E-state index contributed by atoms with van der Waals surface area (Å²) in [6.07, 6.45) is 2.13. The highest BCUT2D eigenvalue weighted by Crippen LogP contribution is 2.23. The second kappa shape index (κ2) is 13.4. The maximum Gasteiger partial charge on any atom is 0.244 e. The monoisotopic (exact) mass is 549 g/mol. The molecule has 8 heteroatoms. The van der Waals surface area contributed by atoms with Crippen LogP contribution in [-0.2, 0) is 32.6 Å². The van der Waals surface area contributed by atoms with Gasteiger partial charge in [0.05, 0.1) is 11.9 Å². The van der Waals surface area contributed by atoms with Crippen molar-refractivity contribution >= 4 is 27.5 Å². The van der Waals surface area contributed by atoms with Gasteiger partial charge in [0.25, 0.3) is 0 Å². The number of anilines is 1. The summed E-state index contributed by atoms with van der Waals surface area (Å²) in [5.41, 5.74) is 3.97. The third kappa shape index (κ3) is 8.42. The SMILES string of the molecule is CC[C@H](C)NC(=O)[C@H](Cc1ccccc1)N(Cc1cccc(C)c1)C(=O)CN(c1ccccc1C)S(C)(=O)=O. The summed E-state index contributed by atoms with van der Waals surface area (Å²) in [6.45, 7) is 7.43. The molecule has 2 amide bonds. The Bertz CT molecular complexity index is 1380. The Labute approximate surface area is 232 Å². The van der Waals surface area contributed by atoms with Crippen molar-refractivity contribution in [1.82, 2.24) is 10.2 Å². The molecule has 0 aliphatic carbocycles. The van der Waals surface area contributed by atoms with E-state index in [1.807, 2.05) is 81.4 Å². The van der Waals surface area contributed by atoms with Crippen molar-refractivity contribution in [3.63, 3.8) is 0 Å². The number of aryl methyl sites for hydroxylation is 2. The molecule has 7 nitrogen and oxygen atoms in total. The van der Waals surface area contributed by atoms with Crippen LogP contribution < -0.4 is 9.62 Å². The Morgan fingerprint density at radius 2 is 1.54 bits per heavy atom. The number of para-hydroxylation sites is 1. The van der Waals surface area contributed by atoms with E-state index in [0.29, 0.717) is 12.1 Å². The van der Waals surface area contributed by atoms with Gasteiger partial charge in [0, 0.05) is 19.0 Å². The van der Waals surface area contributed by atoms with E-state index in [9.17, 15) is 18.0 Å². The van der Waals surface area contributed by atoms with E-state index < -0.39 is 28.5 Å². The molecule has 0 heterocycles. The lowest BCUT2D eigenvalue weighted by molar-refractivity contribution is -0.140. The number of hydrogen-bond acceptors (Lipinski definition) is 4. The summed E-state index contributed by atoms with van der Waals surface area (Å²) >= 11 is 0. The van der Waals surface area contributed by atoms with Gasteiger partial charge in [0.1, 0.15) is 12.6 Å².